The molecule has 0 aromatic heterocycles. The smallest absolute Gasteiger partial charge is 0.220 e. The second-order valence-corrected chi connectivity index (χ2v) is 23.1. The summed E-state index contributed by atoms with van der Waals surface area (Å²) in [6.07, 6.45) is 43.1. The predicted molar refractivity (Wildman–Crippen MR) is 304 cm³/mol. The number of nitrogens with zero attached hydrogens (tertiary/aromatic N) is 2. The van der Waals surface area contributed by atoms with Crippen LogP contribution < -0.4 is 10.6 Å². The maximum atomic E-state index is 13.2. The zero-order valence-electron chi connectivity index (χ0n) is 48.3. The van der Waals surface area contributed by atoms with Crippen LogP contribution in [0.25, 0.3) is 0 Å². The molecule has 0 saturated heterocycles. The van der Waals surface area contributed by atoms with Crippen molar-refractivity contribution < 1.29 is 30.0 Å². The maximum Gasteiger partial charge on any atom is 0.220 e. The van der Waals surface area contributed by atoms with Crippen molar-refractivity contribution in [3.05, 3.63) is 0 Å². The molecule has 10 heteroatoms. The van der Waals surface area contributed by atoms with Crippen molar-refractivity contribution in [2.24, 2.45) is 5.41 Å². The third-order valence-electron chi connectivity index (χ3n) is 14.7. The Hall–Kier alpha value is -1.30. The second kappa shape index (κ2) is 50.8. The number of aliphatic hydroxyl groups is 4. The van der Waals surface area contributed by atoms with Crippen LogP contribution in [0.3, 0.4) is 0 Å². The summed E-state index contributed by atoms with van der Waals surface area (Å²) in [6, 6.07) is 0. The molecule has 0 aliphatic heterocycles. The highest BCUT2D eigenvalue weighted by Crippen LogP contribution is 2.25. The van der Waals surface area contributed by atoms with Gasteiger partial charge in [0.05, 0.1) is 24.4 Å². The fourth-order valence-corrected chi connectivity index (χ4v) is 10.2. The van der Waals surface area contributed by atoms with Crippen LogP contribution in [0.1, 0.15) is 298 Å². The Morgan fingerprint density at radius 2 is 0.563 bits per heavy atom. The number of carbonyl (C=O) groups excluding carboxylic acids is 2. The number of unbranched alkanes of at least 4 members (excludes halogenated alkanes) is 28. The molecule has 424 valence electrons. The first kappa shape index (κ1) is 69.7. The fourth-order valence-electron chi connectivity index (χ4n) is 10.2. The van der Waals surface area contributed by atoms with Gasteiger partial charge in [-0.05, 0) is 43.9 Å². The molecule has 4 unspecified atom stereocenters. The largest absolute Gasteiger partial charge is 0.392 e. The van der Waals surface area contributed by atoms with Crippen molar-refractivity contribution >= 4 is 11.8 Å². The second-order valence-electron chi connectivity index (χ2n) is 23.1. The third kappa shape index (κ3) is 49.3. The van der Waals surface area contributed by atoms with Gasteiger partial charge >= 0.3 is 0 Å². The number of hydrogen-bond donors (Lipinski definition) is 6. The van der Waals surface area contributed by atoms with Crippen LogP contribution >= 0.6 is 0 Å². The van der Waals surface area contributed by atoms with E-state index in [9.17, 15) is 30.0 Å². The normalized spacial score (nSPS) is 13.8. The van der Waals surface area contributed by atoms with Crippen LogP contribution in [-0.2, 0) is 9.59 Å². The van der Waals surface area contributed by atoms with Crippen LogP contribution in [0.15, 0.2) is 0 Å². The van der Waals surface area contributed by atoms with Gasteiger partial charge in [-0.2, -0.15) is 0 Å². The highest BCUT2D eigenvalue weighted by molar-refractivity contribution is 5.80. The van der Waals surface area contributed by atoms with Crippen LogP contribution in [0.2, 0.25) is 0 Å². The van der Waals surface area contributed by atoms with Crippen LogP contribution in [0.5, 0.6) is 0 Å². The van der Waals surface area contributed by atoms with E-state index in [4.69, 9.17) is 0 Å². The van der Waals surface area contributed by atoms with Gasteiger partial charge in [-0.1, -0.05) is 247 Å². The number of aliphatic hydroxyl groups excluding tert-OH is 4. The zero-order chi connectivity index (χ0) is 52.5. The van der Waals surface area contributed by atoms with Gasteiger partial charge in [-0.3, -0.25) is 19.4 Å². The van der Waals surface area contributed by atoms with Crippen LogP contribution in [0.4, 0.5) is 0 Å². The lowest BCUT2D eigenvalue weighted by molar-refractivity contribution is -0.126. The lowest BCUT2D eigenvalue weighted by Crippen LogP contribution is -2.40. The Bertz CT molecular complexity index is 1000. The molecule has 0 aromatic carbocycles. The first-order valence-electron chi connectivity index (χ1n) is 31.1. The zero-order valence-corrected chi connectivity index (χ0v) is 48.3. The van der Waals surface area contributed by atoms with E-state index in [0.717, 1.165) is 89.9 Å². The Balaban J connectivity index is 4.94. The summed E-state index contributed by atoms with van der Waals surface area (Å²) in [5.74, 6) is -0.129. The molecule has 2 amide bonds. The van der Waals surface area contributed by atoms with Crippen molar-refractivity contribution in [1.29, 1.82) is 0 Å². The fraction of sp³-hybridized carbons (Fsp3) is 0.967. The van der Waals surface area contributed by atoms with E-state index < -0.39 is 29.8 Å². The lowest BCUT2D eigenvalue weighted by atomic mass is 9.85. The Morgan fingerprint density at radius 3 is 0.789 bits per heavy atom. The molecule has 0 spiro atoms. The maximum absolute atomic E-state index is 13.2. The molecule has 10 nitrogen and oxygen atoms in total. The third-order valence-corrected chi connectivity index (χ3v) is 14.7. The van der Waals surface area contributed by atoms with E-state index in [1.165, 1.54) is 154 Å². The van der Waals surface area contributed by atoms with Gasteiger partial charge in [0, 0.05) is 65.2 Å². The van der Waals surface area contributed by atoms with E-state index >= 15 is 0 Å². The van der Waals surface area contributed by atoms with Crippen molar-refractivity contribution in [2.45, 2.75) is 323 Å². The standard InChI is InChI=1S/C61H124N4O6/c1-7-11-15-19-23-27-31-35-41-55(66)51-64(52-56(67)42-36-32-28-24-20-16-12-8-2)47-39-45-62-59(70)49-61(5,6)50-60(71)63-46-40-48-65(53-57(68)43-37-33-29-25-21-17-13-9-3)54-58(69)44-38-34-30-26-22-18-14-10-4/h55-58,66-69H,7-54H2,1-6H3,(H,62,70)(H,63,71). The monoisotopic (exact) mass is 1010 g/mol. The van der Waals surface area contributed by atoms with Crippen molar-refractivity contribution in [2.75, 3.05) is 52.4 Å². The SMILES string of the molecule is CCCCCCCCCCC(O)CN(CCCNC(=O)CC(C)(C)CC(=O)NCCCN(CC(O)CCCCCCCCCC)CC(O)CCCCCCCCCC)CC(O)CCCCCCCCCC. The van der Waals surface area contributed by atoms with E-state index in [2.05, 4.69) is 48.1 Å². The molecule has 0 aromatic rings. The average molecular weight is 1010 g/mol. The molecule has 71 heavy (non-hydrogen) atoms. The predicted octanol–water partition coefficient (Wildman–Crippen LogP) is 14.0. The summed E-state index contributed by atoms with van der Waals surface area (Å²) in [5, 5.41) is 50.3. The highest BCUT2D eigenvalue weighted by atomic mass is 16.3. The van der Waals surface area contributed by atoms with Crippen LogP contribution in [0, 0.1) is 5.41 Å². The number of hydrogen-bond acceptors (Lipinski definition) is 8. The number of amides is 2. The minimum atomic E-state index is -0.509. The molecule has 0 radical (unpaired) electrons. The van der Waals surface area contributed by atoms with Gasteiger partial charge in [0.2, 0.25) is 11.8 Å². The molecule has 0 fully saturated rings. The Morgan fingerprint density at radius 1 is 0.352 bits per heavy atom. The first-order chi connectivity index (χ1) is 34.3. The molecular formula is C61H124N4O6. The van der Waals surface area contributed by atoms with Gasteiger partial charge in [0.25, 0.3) is 0 Å². The number of nitrogens with one attached hydrogen (secondary N) is 2. The highest BCUT2D eigenvalue weighted by Gasteiger charge is 2.26. The first-order valence-corrected chi connectivity index (χ1v) is 31.1. The molecule has 0 aliphatic carbocycles. The molecule has 0 heterocycles. The van der Waals surface area contributed by atoms with Crippen LogP contribution in [-0.4, -0.2) is 119 Å². The molecule has 0 aliphatic rings. The van der Waals surface area contributed by atoms with Crippen molar-refractivity contribution in [3.8, 4) is 0 Å². The summed E-state index contributed by atoms with van der Waals surface area (Å²) >= 11 is 0. The lowest BCUT2D eigenvalue weighted by Gasteiger charge is -2.28. The molecule has 0 rings (SSSR count). The van der Waals surface area contributed by atoms with Gasteiger partial charge < -0.3 is 31.1 Å². The average Bonchev–Trinajstić information content (AvgIpc) is 3.32. The van der Waals surface area contributed by atoms with Gasteiger partial charge in [-0.25, -0.2) is 0 Å². The summed E-state index contributed by atoms with van der Waals surface area (Å²) in [6.45, 7) is 17.5. The molecule has 4 atom stereocenters. The van der Waals surface area contributed by atoms with Crippen molar-refractivity contribution in [3.63, 3.8) is 0 Å². The van der Waals surface area contributed by atoms with E-state index in [1.807, 2.05) is 13.8 Å². The molecule has 6 N–H and O–H groups in total. The summed E-state index contributed by atoms with van der Waals surface area (Å²) < 4.78 is 0. The minimum absolute atomic E-state index is 0.0643. The molecule has 0 saturated carbocycles. The summed E-state index contributed by atoms with van der Waals surface area (Å²) in [5.41, 5.74) is -0.509. The molecular weight excluding hydrogens is 885 g/mol. The number of rotatable bonds is 56. The van der Waals surface area contributed by atoms with E-state index in [1.54, 1.807) is 0 Å². The van der Waals surface area contributed by atoms with E-state index in [-0.39, 0.29) is 24.7 Å². The molecule has 0 bridgehead atoms. The summed E-state index contributed by atoms with van der Waals surface area (Å²) in [4.78, 5) is 30.7. The summed E-state index contributed by atoms with van der Waals surface area (Å²) in [7, 11) is 0. The van der Waals surface area contributed by atoms with Gasteiger partial charge in [-0.15, -0.1) is 0 Å². The van der Waals surface area contributed by atoms with E-state index in [0.29, 0.717) is 52.4 Å². The topological polar surface area (TPSA) is 146 Å². The Labute approximate surface area is 441 Å². The minimum Gasteiger partial charge on any atom is -0.392 e. The van der Waals surface area contributed by atoms with Gasteiger partial charge in [0.1, 0.15) is 0 Å². The van der Waals surface area contributed by atoms with Gasteiger partial charge in [0.15, 0.2) is 0 Å². The van der Waals surface area contributed by atoms with Crippen molar-refractivity contribution in [1.82, 2.24) is 20.4 Å². The Kier molecular flexibility index (Phi) is 49.9. The quantitative estimate of drug-likeness (QED) is 0.0330. The number of carbonyl (C=O) groups is 2.